The van der Waals surface area contributed by atoms with E-state index in [1.165, 1.54) is 11.1 Å². The molecule has 1 nitrogen and oxygen atoms in total. The zero-order valence-corrected chi connectivity index (χ0v) is 12.5. The fourth-order valence-corrected chi connectivity index (χ4v) is 3.40. The van der Waals surface area contributed by atoms with Crippen LogP contribution in [-0.4, -0.2) is 5.78 Å². The van der Waals surface area contributed by atoms with Crippen LogP contribution in [-0.2, 0) is 6.42 Å². The molecule has 0 unspecified atom stereocenters. The molecule has 3 aromatic rings. The maximum atomic E-state index is 12.6. The van der Waals surface area contributed by atoms with Crippen molar-refractivity contribution in [3.63, 3.8) is 0 Å². The summed E-state index contributed by atoms with van der Waals surface area (Å²) in [7, 11) is 0. The number of rotatable bonds is 3. The number of Topliss-reactive ketones (excluding diaryl/α,β-unsaturated/α-hetero) is 1. The SMILES string of the molecule is Cc1ccc(C)c(CC(=O)c2cccc3ccsc23)c1. The van der Waals surface area contributed by atoms with E-state index in [9.17, 15) is 4.79 Å². The van der Waals surface area contributed by atoms with E-state index in [-0.39, 0.29) is 5.78 Å². The van der Waals surface area contributed by atoms with Gasteiger partial charge in [0, 0.05) is 16.7 Å². The number of hydrogen-bond acceptors (Lipinski definition) is 2. The second kappa shape index (κ2) is 5.22. The number of ketones is 1. The Morgan fingerprint density at radius 3 is 2.80 bits per heavy atom. The summed E-state index contributed by atoms with van der Waals surface area (Å²) in [5.74, 6) is 0.201. The van der Waals surface area contributed by atoms with E-state index >= 15 is 0 Å². The van der Waals surface area contributed by atoms with Crippen LogP contribution in [0.1, 0.15) is 27.0 Å². The number of carbonyl (C=O) groups excluding carboxylic acids is 1. The second-order valence-corrected chi connectivity index (χ2v) is 6.09. The van der Waals surface area contributed by atoms with Gasteiger partial charge in [-0.05, 0) is 47.9 Å². The van der Waals surface area contributed by atoms with Crippen molar-refractivity contribution >= 4 is 27.2 Å². The molecular formula is C18H16OS. The predicted octanol–water partition coefficient (Wildman–Crippen LogP) is 4.94. The van der Waals surface area contributed by atoms with Gasteiger partial charge in [-0.25, -0.2) is 0 Å². The van der Waals surface area contributed by atoms with Gasteiger partial charge in [0.05, 0.1) is 0 Å². The summed E-state index contributed by atoms with van der Waals surface area (Å²) in [5.41, 5.74) is 4.36. The van der Waals surface area contributed by atoms with Gasteiger partial charge in [-0.2, -0.15) is 0 Å². The van der Waals surface area contributed by atoms with Crippen LogP contribution in [0.4, 0.5) is 0 Å². The molecule has 2 aromatic carbocycles. The molecule has 0 N–H and O–H groups in total. The van der Waals surface area contributed by atoms with E-state index in [2.05, 4.69) is 44.2 Å². The van der Waals surface area contributed by atoms with Crippen molar-refractivity contribution < 1.29 is 4.79 Å². The van der Waals surface area contributed by atoms with Crippen LogP contribution in [0.15, 0.2) is 47.8 Å². The van der Waals surface area contributed by atoms with Gasteiger partial charge in [-0.3, -0.25) is 4.79 Å². The van der Waals surface area contributed by atoms with Crippen LogP contribution in [0.25, 0.3) is 10.1 Å². The lowest BCUT2D eigenvalue weighted by Gasteiger charge is -2.07. The van der Waals surface area contributed by atoms with Crippen LogP contribution in [0.3, 0.4) is 0 Å². The van der Waals surface area contributed by atoms with Crippen LogP contribution >= 0.6 is 11.3 Å². The molecule has 0 spiro atoms. The number of hydrogen-bond donors (Lipinski definition) is 0. The first-order valence-corrected chi connectivity index (χ1v) is 7.58. The monoisotopic (exact) mass is 280 g/mol. The molecule has 0 aliphatic rings. The molecule has 0 radical (unpaired) electrons. The smallest absolute Gasteiger partial charge is 0.168 e. The quantitative estimate of drug-likeness (QED) is 0.621. The van der Waals surface area contributed by atoms with Gasteiger partial charge in [-0.1, -0.05) is 35.9 Å². The molecule has 2 heteroatoms. The fraction of sp³-hybridized carbons (Fsp3) is 0.167. The highest BCUT2D eigenvalue weighted by Gasteiger charge is 2.12. The van der Waals surface area contributed by atoms with E-state index in [1.807, 2.05) is 17.5 Å². The lowest BCUT2D eigenvalue weighted by atomic mass is 9.97. The third-order valence-electron chi connectivity index (χ3n) is 3.64. The Kier molecular flexibility index (Phi) is 3.41. The van der Waals surface area contributed by atoms with E-state index in [4.69, 9.17) is 0 Å². The van der Waals surface area contributed by atoms with Crippen molar-refractivity contribution in [1.29, 1.82) is 0 Å². The minimum Gasteiger partial charge on any atom is -0.294 e. The highest BCUT2D eigenvalue weighted by molar-refractivity contribution is 7.17. The first-order chi connectivity index (χ1) is 9.65. The average Bonchev–Trinajstić information content (AvgIpc) is 2.91. The minimum absolute atomic E-state index is 0.201. The van der Waals surface area contributed by atoms with E-state index in [0.29, 0.717) is 6.42 Å². The summed E-state index contributed by atoms with van der Waals surface area (Å²) < 4.78 is 1.10. The van der Waals surface area contributed by atoms with Crippen molar-refractivity contribution in [1.82, 2.24) is 0 Å². The highest BCUT2D eigenvalue weighted by Crippen LogP contribution is 2.26. The number of benzene rings is 2. The van der Waals surface area contributed by atoms with Crippen LogP contribution in [0, 0.1) is 13.8 Å². The van der Waals surface area contributed by atoms with Gasteiger partial charge in [0.25, 0.3) is 0 Å². The molecule has 0 saturated heterocycles. The van der Waals surface area contributed by atoms with E-state index in [1.54, 1.807) is 11.3 Å². The zero-order chi connectivity index (χ0) is 14.1. The van der Waals surface area contributed by atoms with Crippen LogP contribution in [0.5, 0.6) is 0 Å². The molecule has 3 rings (SSSR count). The lowest BCUT2D eigenvalue weighted by Crippen LogP contribution is -2.05. The van der Waals surface area contributed by atoms with Crippen molar-refractivity contribution in [3.8, 4) is 0 Å². The average molecular weight is 280 g/mol. The molecule has 20 heavy (non-hydrogen) atoms. The first-order valence-electron chi connectivity index (χ1n) is 6.71. The molecule has 0 bridgehead atoms. The molecule has 0 aliphatic heterocycles. The lowest BCUT2D eigenvalue weighted by molar-refractivity contribution is 0.0994. The van der Waals surface area contributed by atoms with Gasteiger partial charge >= 0.3 is 0 Å². The summed E-state index contributed by atoms with van der Waals surface area (Å²) in [4.78, 5) is 12.6. The topological polar surface area (TPSA) is 17.1 Å². The maximum absolute atomic E-state index is 12.6. The Balaban J connectivity index is 1.97. The number of carbonyl (C=O) groups is 1. The summed E-state index contributed by atoms with van der Waals surface area (Å²) >= 11 is 1.64. The standard InChI is InChI=1S/C18H16OS/c1-12-6-7-13(2)15(10-12)11-17(19)16-5-3-4-14-8-9-20-18(14)16/h3-10H,11H2,1-2H3. The van der Waals surface area contributed by atoms with Crippen molar-refractivity contribution in [3.05, 3.63) is 70.1 Å². The third-order valence-corrected chi connectivity index (χ3v) is 4.60. The Hall–Kier alpha value is -1.93. The Morgan fingerprint density at radius 1 is 1.10 bits per heavy atom. The Morgan fingerprint density at radius 2 is 1.95 bits per heavy atom. The molecule has 0 atom stereocenters. The molecular weight excluding hydrogens is 264 g/mol. The predicted molar refractivity (Wildman–Crippen MR) is 85.8 cm³/mol. The highest BCUT2D eigenvalue weighted by atomic mass is 32.1. The molecule has 0 fully saturated rings. The van der Waals surface area contributed by atoms with Crippen LogP contribution in [0.2, 0.25) is 0 Å². The van der Waals surface area contributed by atoms with E-state index < -0.39 is 0 Å². The second-order valence-electron chi connectivity index (χ2n) is 5.17. The minimum atomic E-state index is 0.201. The molecule has 1 aromatic heterocycles. The summed E-state index contributed by atoms with van der Waals surface area (Å²) in [6.07, 6.45) is 0.477. The largest absolute Gasteiger partial charge is 0.294 e. The van der Waals surface area contributed by atoms with Gasteiger partial charge in [0.2, 0.25) is 0 Å². The van der Waals surface area contributed by atoms with Crippen LogP contribution < -0.4 is 0 Å². The number of aryl methyl sites for hydroxylation is 2. The zero-order valence-electron chi connectivity index (χ0n) is 11.6. The molecule has 1 heterocycles. The summed E-state index contributed by atoms with van der Waals surface area (Å²) in [6, 6.07) is 14.3. The fourth-order valence-electron chi connectivity index (χ4n) is 2.47. The first kappa shape index (κ1) is 13.1. The number of fused-ring (bicyclic) bond motifs is 1. The van der Waals surface area contributed by atoms with Gasteiger partial charge < -0.3 is 0 Å². The number of thiophene rings is 1. The van der Waals surface area contributed by atoms with Gasteiger partial charge in [0.15, 0.2) is 5.78 Å². The molecule has 0 aliphatic carbocycles. The van der Waals surface area contributed by atoms with Crippen molar-refractivity contribution in [2.75, 3.05) is 0 Å². The van der Waals surface area contributed by atoms with Crippen molar-refractivity contribution in [2.24, 2.45) is 0 Å². The normalized spacial score (nSPS) is 10.9. The summed E-state index contributed by atoms with van der Waals surface area (Å²) in [6.45, 7) is 4.13. The molecule has 100 valence electrons. The van der Waals surface area contributed by atoms with E-state index in [0.717, 1.165) is 21.2 Å². The molecule has 0 amide bonds. The summed E-state index contributed by atoms with van der Waals surface area (Å²) in [5, 5.41) is 3.20. The Bertz CT molecular complexity index is 783. The van der Waals surface area contributed by atoms with Gasteiger partial charge in [0.1, 0.15) is 0 Å². The maximum Gasteiger partial charge on any atom is 0.168 e. The Labute approximate surface area is 122 Å². The molecule has 0 saturated carbocycles. The van der Waals surface area contributed by atoms with Gasteiger partial charge in [-0.15, -0.1) is 11.3 Å². The third kappa shape index (κ3) is 2.39. The van der Waals surface area contributed by atoms with Crippen molar-refractivity contribution in [2.45, 2.75) is 20.3 Å².